The number of nitrogens with two attached hydrogens (primary N) is 1. The van der Waals surface area contributed by atoms with Gasteiger partial charge in [0.25, 0.3) is 0 Å². The lowest BCUT2D eigenvalue weighted by atomic mass is 9.77. The standard InChI is InChI=1S/C15H20ClN/c1-10-2-3-11(14(16)4-10)6-15(9-17)7-12-5-13(12)8-15/h2-4,12-13H,5-9,17H2,1H3. The van der Waals surface area contributed by atoms with Gasteiger partial charge in [-0.1, -0.05) is 23.7 Å². The number of benzene rings is 1. The van der Waals surface area contributed by atoms with Gasteiger partial charge in [-0.25, -0.2) is 0 Å². The van der Waals surface area contributed by atoms with E-state index in [1.165, 1.54) is 30.4 Å². The Morgan fingerprint density at radius 3 is 2.65 bits per heavy atom. The van der Waals surface area contributed by atoms with Gasteiger partial charge in [0.1, 0.15) is 0 Å². The predicted molar refractivity (Wildman–Crippen MR) is 72.2 cm³/mol. The summed E-state index contributed by atoms with van der Waals surface area (Å²) in [6.07, 6.45) is 5.15. The van der Waals surface area contributed by atoms with Gasteiger partial charge in [0.05, 0.1) is 0 Å². The van der Waals surface area contributed by atoms with Crippen LogP contribution < -0.4 is 5.73 Å². The first-order valence-electron chi connectivity index (χ1n) is 6.57. The molecule has 0 bridgehead atoms. The topological polar surface area (TPSA) is 26.0 Å². The van der Waals surface area contributed by atoms with E-state index >= 15 is 0 Å². The molecule has 0 radical (unpaired) electrons. The van der Waals surface area contributed by atoms with Crippen LogP contribution in [0.5, 0.6) is 0 Å². The molecule has 3 rings (SSSR count). The van der Waals surface area contributed by atoms with Crippen LogP contribution in [0.4, 0.5) is 0 Å². The molecule has 17 heavy (non-hydrogen) atoms. The van der Waals surface area contributed by atoms with Crippen LogP contribution in [0.1, 0.15) is 30.4 Å². The fourth-order valence-electron chi connectivity index (χ4n) is 3.59. The maximum absolute atomic E-state index is 6.33. The minimum atomic E-state index is 0.340. The molecule has 2 fully saturated rings. The van der Waals surface area contributed by atoms with Crippen molar-refractivity contribution in [1.82, 2.24) is 0 Å². The van der Waals surface area contributed by atoms with Crippen LogP contribution >= 0.6 is 11.6 Å². The van der Waals surface area contributed by atoms with Crippen LogP contribution in [0.25, 0.3) is 0 Å². The van der Waals surface area contributed by atoms with Gasteiger partial charge in [0, 0.05) is 5.02 Å². The number of aryl methyl sites for hydroxylation is 1. The largest absolute Gasteiger partial charge is 0.330 e. The highest BCUT2D eigenvalue weighted by Crippen LogP contribution is 2.60. The SMILES string of the molecule is Cc1ccc(CC2(CN)CC3CC3C2)c(Cl)c1. The van der Waals surface area contributed by atoms with Gasteiger partial charge in [-0.15, -0.1) is 0 Å². The predicted octanol–water partition coefficient (Wildman–Crippen LogP) is 3.57. The summed E-state index contributed by atoms with van der Waals surface area (Å²) in [5.41, 5.74) is 8.89. The molecule has 2 unspecified atom stereocenters. The molecule has 0 saturated heterocycles. The third-order valence-electron chi connectivity index (χ3n) is 4.67. The molecule has 2 saturated carbocycles. The van der Waals surface area contributed by atoms with Crippen LogP contribution in [0.15, 0.2) is 18.2 Å². The van der Waals surface area contributed by atoms with Gasteiger partial charge >= 0.3 is 0 Å². The molecule has 1 nitrogen and oxygen atoms in total. The van der Waals surface area contributed by atoms with Crippen LogP contribution in [-0.2, 0) is 6.42 Å². The van der Waals surface area contributed by atoms with Gasteiger partial charge in [0.15, 0.2) is 0 Å². The highest BCUT2D eigenvalue weighted by Gasteiger charge is 2.52. The van der Waals surface area contributed by atoms with Crippen molar-refractivity contribution in [1.29, 1.82) is 0 Å². The van der Waals surface area contributed by atoms with Crippen LogP contribution in [0.2, 0.25) is 5.02 Å². The molecule has 0 aliphatic heterocycles. The molecular weight excluding hydrogens is 230 g/mol. The lowest BCUT2D eigenvalue weighted by Crippen LogP contribution is -2.31. The molecule has 2 heteroatoms. The average Bonchev–Trinajstić information content (AvgIpc) is 2.91. The third-order valence-corrected chi connectivity index (χ3v) is 5.02. The maximum Gasteiger partial charge on any atom is 0.0440 e. The Morgan fingerprint density at radius 2 is 2.06 bits per heavy atom. The zero-order valence-corrected chi connectivity index (χ0v) is 11.1. The van der Waals surface area contributed by atoms with Crippen LogP contribution in [-0.4, -0.2) is 6.54 Å². The zero-order valence-electron chi connectivity index (χ0n) is 10.4. The quantitative estimate of drug-likeness (QED) is 0.871. The van der Waals surface area contributed by atoms with Gasteiger partial charge < -0.3 is 5.73 Å². The number of hydrogen-bond donors (Lipinski definition) is 1. The van der Waals surface area contributed by atoms with Crippen molar-refractivity contribution in [2.45, 2.75) is 32.6 Å². The van der Waals surface area contributed by atoms with Gasteiger partial charge in [-0.05, 0) is 73.6 Å². The molecule has 0 amide bonds. The Labute approximate surface area is 108 Å². The first kappa shape index (κ1) is 11.6. The number of rotatable bonds is 3. The molecule has 2 N–H and O–H groups in total. The summed E-state index contributed by atoms with van der Waals surface area (Å²) < 4.78 is 0. The smallest absolute Gasteiger partial charge is 0.0440 e. The van der Waals surface area contributed by atoms with E-state index in [1.807, 2.05) is 0 Å². The summed E-state index contributed by atoms with van der Waals surface area (Å²) in [7, 11) is 0. The highest BCUT2D eigenvalue weighted by atomic mass is 35.5. The van der Waals surface area contributed by atoms with E-state index in [9.17, 15) is 0 Å². The van der Waals surface area contributed by atoms with Crippen molar-refractivity contribution in [3.05, 3.63) is 34.3 Å². The van der Waals surface area contributed by atoms with Crippen LogP contribution in [0, 0.1) is 24.2 Å². The number of fused-ring (bicyclic) bond motifs is 1. The van der Waals surface area contributed by atoms with Crippen molar-refractivity contribution in [2.75, 3.05) is 6.54 Å². The van der Waals surface area contributed by atoms with Crippen molar-refractivity contribution in [2.24, 2.45) is 23.0 Å². The van der Waals surface area contributed by atoms with E-state index in [4.69, 9.17) is 17.3 Å². The highest BCUT2D eigenvalue weighted by molar-refractivity contribution is 6.31. The molecule has 1 aromatic carbocycles. The maximum atomic E-state index is 6.33. The Morgan fingerprint density at radius 1 is 1.35 bits per heavy atom. The van der Waals surface area contributed by atoms with Gasteiger partial charge in [-0.2, -0.15) is 0 Å². The van der Waals surface area contributed by atoms with E-state index in [2.05, 4.69) is 25.1 Å². The molecule has 1 aromatic rings. The second-order valence-electron chi connectivity index (χ2n) is 6.14. The number of halogens is 1. The molecule has 0 heterocycles. The Hall–Kier alpha value is -0.530. The summed E-state index contributed by atoms with van der Waals surface area (Å²) in [4.78, 5) is 0. The first-order valence-corrected chi connectivity index (χ1v) is 6.95. The number of hydrogen-bond acceptors (Lipinski definition) is 1. The van der Waals surface area contributed by atoms with Crippen molar-refractivity contribution >= 4 is 11.6 Å². The normalized spacial score (nSPS) is 34.8. The molecule has 2 aliphatic rings. The van der Waals surface area contributed by atoms with E-state index in [-0.39, 0.29) is 0 Å². The zero-order chi connectivity index (χ0) is 12.0. The summed E-state index contributed by atoms with van der Waals surface area (Å²) >= 11 is 6.33. The minimum absolute atomic E-state index is 0.340. The van der Waals surface area contributed by atoms with E-state index < -0.39 is 0 Å². The van der Waals surface area contributed by atoms with Crippen molar-refractivity contribution < 1.29 is 0 Å². The summed E-state index contributed by atoms with van der Waals surface area (Å²) in [6, 6.07) is 6.40. The third kappa shape index (κ3) is 2.11. The Kier molecular flexibility index (Phi) is 2.72. The van der Waals surface area contributed by atoms with Crippen molar-refractivity contribution in [3.63, 3.8) is 0 Å². The summed E-state index contributed by atoms with van der Waals surface area (Å²) in [6.45, 7) is 2.89. The monoisotopic (exact) mass is 249 g/mol. The lowest BCUT2D eigenvalue weighted by Gasteiger charge is -2.30. The van der Waals surface area contributed by atoms with Crippen molar-refractivity contribution in [3.8, 4) is 0 Å². The van der Waals surface area contributed by atoms with E-state index in [0.717, 1.165) is 29.8 Å². The van der Waals surface area contributed by atoms with Gasteiger partial charge in [-0.3, -0.25) is 0 Å². The lowest BCUT2D eigenvalue weighted by molar-refractivity contribution is 0.273. The minimum Gasteiger partial charge on any atom is -0.330 e. The first-order chi connectivity index (χ1) is 8.12. The summed E-state index contributed by atoms with van der Waals surface area (Å²) in [5, 5.41) is 0.915. The second-order valence-corrected chi connectivity index (χ2v) is 6.55. The molecule has 0 spiro atoms. The average molecular weight is 250 g/mol. The summed E-state index contributed by atoms with van der Waals surface area (Å²) in [5.74, 6) is 1.95. The molecule has 0 aromatic heterocycles. The fraction of sp³-hybridized carbons (Fsp3) is 0.600. The Balaban J connectivity index is 1.81. The molecule has 2 aliphatic carbocycles. The molecule has 92 valence electrons. The van der Waals surface area contributed by atoms with Gasteiger partial charge in [0.2, 0.25) is 0 Å². The Bertz CT molecular complexity index is 431. The molecular formula is C15H20ClN. The fourth-order valence-corrected chi connectivity index (χ4v) is 3.89. The van der Waals surface area contributed by atoms with Crippen LogP contribution in [0.3, 0.4) is 0 Å². The second kappa shape index (κ2) is 4.00. The van der Waals surface area contributed by atoms with E-state index in [0.29, 0.717) is 5.41 Å². The van der Waals surface area contributed by atoms with E-state index in [1.54, 1.807) is 0 Å². The molecule has 2 atom stereocenters.